The van der Waals surface area contributed by atoms with Gasteiger partial charge in [-0.2, -0.15) is 0 Å². The minimum atomic E-state index is 0.382. The average molecular weight is 198 g/mol. The van der Waals surface area contributed by atoms with Gasteiger partial charge in [0.2, 0.25) is 0 Å². The number of nitrogens with zero attached hydrogens (tertiary/aromatic N) is 1. The molecule has 0 aromatic heterocycles. The summed E-state index contributed by atoms with van der Waals surface area (Å²) in [7, 11) is 2.06. The fourth-order valence-corrected chi connectivity index (χ4v) is 2.58. The largest absolute Gasteiger partial charge is 0.319 e. The fraction of sp³-hybridized carbons (Fsp3) is 1.00. The van der Waals surface area contributed by atoms with Gasteiger partial charge in [-0.25, -0.2) is 0 Å². The molecule has 0 aromatic carbocycles. The Hall–Kier alpha value is -0.0800. The second-order valence-electron chi connectivity index (χ2n) is 5.54. The van der Waals surface area contributed by atoms with Crippen molar-refractivity contribution in [2.24, 2.45) is 11.8 Å². The third-order valence-electron chi connectivity index (χ3n) is 3.60. The van der Waals surface area contributed by atoms with E-state index in [2.05, 4.69) is 45.0 Å². The number of hydrogen-bond donors (Lipinski definition) is 1. The SMILES string of the molecule is CNCC1CCN(CC(C)C)C1(C)C. The van der Waals surface area contributed by atoms with E-state index >= 15 is 0 Å². The zero-order valence-electron chi connectivity index (χ0n) is 10.4. The van der Waals surface area contributed by atoms with Gasteiger partial charge in [-0.3, -0.25) is 4.90 Å². The third-order valence-corrected chi connectivity index (χ3v) is 3.60. The molecule has 2 nitrogen and oxygen atoms in total. The van der Waals surface area contributed by atoms with Crippen molar-refractivity contribution >= 4 is 0 Å². The van der Waals surface area contributed by atoms with Gasteiger partial charge in [0, 0.05) is 12.1 Å². The summed E-state index contributed by atoms with van der Waals surface area (Å²) in [5, 5.41) is 3.31. The predicted molar refractivity (Wildman–Crippen MR) is 62.5 cm³/mol. The Morgan fingerprint density at radius 1 is 1.43 bits per heavy atom. The van der Waals surface area contributed by atoms with Gasteiger partial charge >= 0.3 is 0 Å². The Kier molecular flexibility index (Phi) is 3.96. The number of rotatable bonds is 4. The molecule has 1 N–H and O–H groups in total. The molecule has 1 unspecified atom stereocenters. The summed E-state index contributed by atoms with van der Waals surface area (Å²) in [6, 6.07) is 0. The van der Waals surface area contributed by atoms with E-state index in [-0.39, 0.29) is 0 Å². The van der Waals surface area contributed by atoms with Crippen molar-refractivity contribution in [1.82, 2.24) is 10.2 Å². The van der Waals surface area contributed by atoms with Gasteiger partial charge in [0.05, 0.1) is 0 Å². The highest BCUT2D eigenvalue weighted by Crippen LogP contribution is 2.34. The van der Waals surface area contributed by atoms with Crippen molar-refractivity contribution in [2.75, 3.05) is 26.7 Å². The smallest absolute Gasteiger partial charge is 0.0194 e. The molecular weight excluding hydrogens is 172 g/mol. The van der Waals surface area contributed by atoms with Gasteiger partial charge in [-0.1, -0.05) is 13.8 Å². The Labute approximate surface area is 89.1 Å². The lowest BCUT2D eigenvalue weighted by atomic mass is 9.88. The maximum atomic E-state index is 3.31. The zero-order chi connectivity index (χ0) is 10.8. The molecule has 1 rings (SSSR count). The summed E-state index contributed by atoms with van der Waals surface area (Å²) in [4.78, 5) is 2.65. The second kappa shape index (κ2) is 4.63. The summed E-state index contributed by atoms with van der Waals surface area (Å²) in [5.41, 5.74) is 0.382. The first-order valence-electron chi connectivity index (χ1n) is 5.88. The van der Waals surface area contributed by atoms with Crippen molar-refractivity contribution in [3.8, 4) is 0 Å². The molecule has 0 aromatic rings. The normalized spacial score (nSPS) is 27.4. The molecule has 1 heterocycles. The van der Waals surface area contributed by atoms with Crippen molar-refractivity contribution in [3.05, 3.63) is 0 Å². The van der Waals surface area contributed by atoms with E-state index in [0.717, 1.165) is 18.4 Å². The summed E-state index contributed by atoms with van der Waals surface area (Å²) in [6.07, 6.45) is 1.35. The van der Waals surface area contributed by atoms with Crippen molar-refractivity contribution < 1.29 is 0 Å². The summed E-state index contributed by atoms with van der Waals surface area (Å²) < 4.78 is 0. The first kappa shape index (κ1) is 12.0. The lowest BCUT2D eigenvalue weighted by Gasteiger charge is -2.37. The molecule has 2 heteroatoms. The third kappa shape index (κ3) is 2.48. The van der Waals surface area contributed by atoms with Crippen LogP contribution in [0.25, 0.3) is 0 Å². The average Bonchev–Trinajstić information content (AvgIpc) is 2.31. The maximum Gasteiger partial charge on any atom is 0.0194 e. The van der Waals surface area contributed by atoms with E-state index in [0.29, 0.717) is 5.54 Å². The Morgan fingerprint density at radius 3 is 2.57 bits per heavy atom. The van der Waals surface area contributed by atoms with E-state index in [9.17, 15) is 0 Å². The van der Waals surface area contributed by atoms with Crippen LogP contribution in [0.15, 0.2) is 0 Å². The monoisotopic (exact) mass is 198 g/mol. The van der Waals surface area contributed by atoms with Crippen LogP contribution in [0.1, 0.15) is 34.1 Å². The van der Waals surface area contributed by atoms with Crippen LogP contribution in [0.4, 0.5) is 0 Å². The van der Waals surface area contributed by atoms with Crippen LogP contribution in [-0.2, 0) is 0 Å². The van der Waals surface area contributed by atoms with Gasteiger partial charge < -0.3 is 5.32 Å². The minimum Gasteiger partial charge on any atom is -0.319 e. The van der Waals surface area contributed by atoms with E-state index in [1.807, 2.05) is 0 Å². The lowest BCUT2D eigenvalue weighted by molar-refractivity contribution is 0.123. The molecule has 0 radical (unpaired) electrons. The van der Waals surface area contributed by atoms with E-state index in [1.54, 1.807) is 0 Å². The number of hydrogen-bond acceptors (Lipinski definition) is 2. The highest BCUT2D eigenvalue weighted by Gasteiger charge is 2.40. The van der Waals surface area contributed by atoms with E-state index < -0.39 is 0 Å². The van der Waals surface area contributed by atoms with Crippen LogP contribution < -0.4 is 5.32 Å². The van der Waals surface area contributed by atoms with Crippen LogP contribution in [-0.4, -0.2) is 37.1 Å². The molecule has 1 fully saturated rings. The Balaban J connectivity index is 2.56. The highest BCUT2D eigenvalue weighted by molar-refractivity contribution is 4.96. The Morgan fingerprint density at radius 2 is 2.07 bits per heavy atom. The topological polar surface area (TPSA) is 15.3 Å². The van der Waals surface area contributed by atoms with Gasteiger partial charge in [-0.15, -0.1) is 0 Å². The van der Waals surface area contributed by atoms with Crippen molar-refractivity contribution in [1.29, 1.82) is 0 Å². The van der Waals surface area contributed by atoms with Gasteiger partial charge in [-0.05, 0) is 52.2 Å². The van der Waals surface area contributed by atoms with Crippen LogP contribution in [0.2, 0.25) is 0 Å². The second-order valence-corrected chi connectivity index (χ2v) is 5.54. The van der Waals surface area contributed by atoms with Crippen LogP contribution in [0.3, 0.4) is 0 Å². The van der Waals surface area contributed by atoms with Crippen LogP contribution in [0, 0.1) is 11.8 Å². The molecule has 0 saturated carbocycles. The fourth-order valence-electron chi connectivity index (χ4n) is 2.58. The van der Waals surface area contributed by atoms with Gasteiger partial charge in [0.25, 0.3) is 0 Å². The summed E-state index contributed by atoms with van der Waals surface area (Å²) in [6.45, 7) is 13.1. The van der Waals surface area contributed by atoms with Crippen molar-refractivity contribution in [2.45, 2.75) is 39.7 Å². The van der Waals surface area contributed by atoms with E-state index in [4.69, 9.17) is 0 Å². The first-order chi connectivity index (χ1) is 6.48. The van der Waals surface area contributed by atoms with Gasteiger partial charge in [0.1, 0.15) is 0 Å². The molecular formula is C12H26N2. The van der Waals surface area contributed by atoms with Gasteiger partial charge in [0.15, 0.2) is 0 Å². The zero-order valence-corrected chi connectivity index (χ0v) is 10.4. The highest BCUT2D eigenvalue weighted by atomic mass is 15.2. The molecule has 1 aliphatic heterocycles. The predicted octanol–water partition coefficient (Wildman–Crippen LogP) is 1.96. The standard InChI is InChI=1S/C12H26N2/c1-10(2)9-14-7-6-11(8-13-5)12(14,3)4/h10-11,13H,6-9H2,1-5H3. The summed E-state index contributed by atoms with van der Waals surface area (Å²) in [5.74, 6) is 1.59. The molecule has 0 bridgehead atoms. The lowest BCUT2D eigenvalue weighted by Crippen LogP contribution is -2.46. The van der Waals surface area contributed by atoms with Crippen LogP contribution >= 0.6 is 0 Å². The number of nitrogens with one attached hydrogen (secondary N) is 1. The molecule has 1 aliphatic rings. The summed E-state index contributed by atoms with van der Waals surface area (Å²) >= 11 is 0. The van der Waals surface area contributed by atoms with Crippen molar-refractivity contribution in [3.63, 3.8) is 0 Å². The first-order valence-corrected chi connectivity index (χ1v) is 5.88. The molecule has 84 valence electrons. The van der Waals surface area contributed by atoms with Crippen LogP contribution in [0.5, 0.6) is 0 Å². The minimum absolute atomic E-state index is 0.382. The number of likely N-dealkylation sites (tertiary alicyclic amines) is 1. The molecule has 0 spiro atoms. The maximum absolute atomic E-state index is 3.31. The quantitative estimate of drug-likeness (QED) is 0.743. The molecule has 1 atom stereocenters. The Bertz CT molecular complexity index is 175. The molecule has 0 aliphatic carbocycles. The molecule has 0 amide bonds. The van der Waals surface area contributed by atoms with E-state index in [1.165, 1.54) is 19.5 Å². The molecule has 14 heavy (non-hydrogen) atoms. The molecule has 1 saturated heterocycles.